The molecule has 0 spiro atoms. The van der Waals surface area contributed by atoms with Gasteiger partial charge in [0, 0.05) is 19.6 Å². The lowest BCUT2D eigenvalue weighted by Crippen LogP contribution is -2.54. The van der Waals surface area contributed by atoms with Gasteiger partial charge in [-0.3, -0.25) is 4.90 Å². The van der Waals surface area contributed by atoms with E-state index >= 15 is 0 Å². The van der Waals surface area contributed by atoms with Gasteiger partial charge in [-0.2, -0.15) is 0 Å². The van der Waals surface area contributed by atoms with Gasteiger partial charge in [-0.05, 0) is 59.2 Å². The largest absolute Gasteiger partial charge is 0.444 e. The summed E-state index contributed by atoms with van der Waals surface area (Å²) in [4.78, 5) is 28.5. The number of amides is 2. The van der Waals surface area contributed by atoms with Gasteiger partial charge in [0.1, 0.15) is 11.2 Å². The molecule has 1 aliphatic rings. The van der Waals surface area contributed by atoms with Crippen LogP contribution in [0.2, 0.25) is 10.0 Å². The summed E-state index contributed by atoms with van der Waals surface area (Å²) in [7, 11) is 0. The first-order valence-electron chi connectivity index (χ1n) is 9.19. The van der Waals surface area contributed by atoms with Gasteiger partial charge in [-0.25, -0.2) is 9.59 Å². The second kappa shape index (κ2) is 8.37. The summed E-state index contributed by atoms with van der Waals surface area (Å²) in [5.74, 6) is 0. The maximum Gasteiger partial charge on any atom is 0.410 e. The summed E-state index contributed by atoms with van der Waals surface area (Å²) in [6, 6.07) is 4.77. The normalized spacial score (nSPS) is 18.1. The van der Waals surface area contributed by atoms with Gasteiger partial charge in [0.2, 0.25) is 0 Å². The van der Waals surface area contributed by atoms with Crippen molar-refractivity contribution in [3.63, 3.8) is 0 Å². The fraction of sp³-hybridized carbons (Fsp3) is 0.600. The standard InChI is InChI=1S/C20H28Cl2N2O4/c1-19(2,3)27-17(25)23-9-10-24(18(26)28-20(4,5)6)16(12-23)13-7-8-14(21)15(22)11-13/h7-8,11,16H,9-10,12H2,1-6H3. The van der Waals surface area contributed by atoms with Crippen molar-refractivity contribution in [2.45, 2.75) is 58.8 Å². The fourth-order valence-electron chi connectivity index (χ4n) is 2.82. The molecular formula is C20H28Cl2N2O4. The molecule has 1 saturated heterocycles. The number of hydrogen-bond acceptors (Lipinski definition) is 4. The Labute approximate surface area is 176 Å². The number of carbonyl (C=O) groups is 2. The zero-order valence-electron chi connectivity index (χ0n) is 17.2. The molecular weight excluding hydrogens is 403 g/mol. The number of piperazine rings is 1. The summed E-state index contributed by atoms with van der Waals surface area (Å²) in [5, 5.41) is 0.812. The third-order valence-electron chi connectivity index (χ3n) is 3.99. The quantitative estimate of drug-likeness (QED) is 0.587. The van der Waals surface area contributed by atoms with Crippen molar-refractivity contribution in [2.75, 3.05) is 19.6 Å². The summed E-state index contributed by atoms with van der Waals surface area (Å²) < 4.78 is 11.0. The predicted molar refractivity (Wildman–Crippen MR) is 110 cm³/mol. The Balaban J connectivity index is 2.30. The van der Waals surface area contributed by atoms with E-state index in [1.807, 2.05) is 41.5 Å². The molecule has 1 fully saturated rings. The molecule has 2 amide bonds. The third-order valence-corrected chi connectivity index (χ3v) is 4.73. The molecule has 1 unspecified atom stereocenters. The lowest BCUT2D eigenvalue weighted by atomic mass is 10.0. The molecule has 0 aliphatic carbocycles. The van der Waals surface area contributed by atoms with E-state index in [0.717, 1.165) is 5.56 Å². The minimum Gasteiger partial charge on any atom is -0.444 e. The van der Waals surface area contributed by atoms with Crippen LogP contribution in [0.25, 0.3) is 0 Å². The molecule has 156 valence electrons. The van der Waals surface area contributed by atoms with Gasteiger partial charge in [-0.1, -0.05) is 29.3 Å². The zero-order chi connectivity index (χ0) is 21.3. The van der Waals surface area contributed by atoms with Gasteiger partial charge >= 0.3 is 12.2 Å². The highest BCUT2D eigenvalue weighted by atomic mass is 35.5. The van der Waals surface area contributed by atoms with Crippen LogP contribution in [0.15, 0.2) is 18.2 Å². The lowest BCUT2D eigenvalue weighted by Gasteiger charge is -2.42. The van der Waals surface area contributed by atoms with Crippen LogP contribution in [0, 0.1) is 0 Å². The molecule has 8 heteroatoms. The smallest absolute Gasteiger partial charge is 0.410 e. The molecule has 1 aromatic rings. The molecule has 0 saturated carbocycles. The molecule has 0 aromatic heterocycles. The first-order chi connectivity index (χ1) is 12.8. The van der Waals surface area contributed by atoms with E-state index in [9.17, 15) is 9.59 Å². The van der Waals surface area contributed by atoms with Crippen LogP contribution < -0.4 is 0 Å². The van der Waals surface area contributed by atoms with Gasteiger partial charge in [0.25, 0.3) is 0 Å². The average Bonchev–Trinajstić information content (AvgIpc) is 2.53. The Morgan fingerprint density at radius 2 is 1.50 bits per heavy atom. The van der Waals surface area contributed by atoms with Gasteiger partial charge in [-0.15, -0.1) is 0 Å². The van der Waals surface area contributed by atoms with E-state index in [1.165, 1.54) is 0 Å². The molecule has 6 nitrogen and oxygen atoms in total. The van der Waals surface area contributed by atoms with Crippen LogP contribution >= 0.6 is 23.2 Å². The molecule has 0 radical (unpaired) electrons. The zero-order valence-corrected chi connectivity index (χ0v) is 18.7. The van der Waals surface area contributed by atoms with Gasteiger partial charge in [0.05, 0.1) is 16.1 Å². The maximum absolute atomic E-state index is 12.8. The number of rotatable bonds is 1. The second-order valence-corrected chi connectivity index (χ2v) is 9.60. The Morgan fingerprint density at radius 3 is 2.04 bits per heavy atom. The second-order valence-electron chi connectivity index (χ2n) is 8.79. The highest BCUT2D eigenvalue weighted by Gasteiger charge is 2.37. The highest BCUT2D eigenvalue weighted by molar-refractivity contribution is 6.42. The van der Waals surface area contributed by atoms with E-state index in [2.05, 4.69) is 0 Å². The summed E-state index contributed by atoms with van der Waals surface area (Å²) in [6.45, 7) is 11.8. The number of nitrogens with zero attached hydrogens (tertiary/aromatic N) is 2. The van der Waals surface area contributed by atoms with Crippen LogP contribution in [-0.2, 0) is 9.47 Å². The Morgan fingerprint density at radius 1 is 0.929 bits per heavy atom. The number of benzene rings is 1. The topological polar surface area (TPSA) is 59.1 Å². The van der Waals surface area contributed by atoms with Gasteiger partial charge in [0.15, 0.2) is 0 Å². The monoisotopic (exact) mass is 430 g/mol. The first kappa shape index (κ1) is 22.6. The van der Waals surface area contributed by atoms with Gasteiger partial charge < -0.3 is 14.4 Å². The number of hydrogen-bond donors (Lipinski definition) is 0. The van der Waals surface area contributed by atoms with E-state index in [4.69, 9.17) is 32.7 Å². The molecule has 1 heterocycles. The van der Waals surface area contributed by atoms with Crippen LogP contribution in [-0.4, -0.2) is 52.8 Å². The number of halogens is 2. The molecule has 0 bridgehead atoms. The van der Waals surface area contributed by atoms with E-state index < -0.39 is 29.4 Å². The molecule has 2 rings (SSSR count). The van der Waals surface area contributed by atoms with Crippen LogP contribution in [0.1, 0.15) is 53.1 Å². The average molecular weight is 431 g/mol. The minimum atomic E-state index is -0.623. The maximum atomic E-state index is 12.8. The van der Waals surface area contributed by atoms with Crippen LogP contribution in [0.5, 0.6) is 0 Å². The van der Waals surface area contributed by atoms with Crippen LogP contribution in [0.3, 0.4) is 0 Å². The van der Waals surface area contributed by atoms with Crippen molar-refractivity contribution in [1.29, 1.82) is 0 Å². The van der Waals surface area contributed by atoms with Crippen molar-refractivity contribution in [1.82, 2.24) is 9.80 Å². The van der Waals surface area contributed by atoms with Crippen LogP contribution in [0.4, 0.5) is 9.59 Å². The van der Waals surface area contributed by atoms with E-state index in [-0.39, 0.29) is 6.54 Å². The summed E-state index contributed by atoms with van der Waals surface area (Å²) in [5.41, 5.74) is -0.450. The molecule has 0 N–H and O–H groups in total. The van der Waals surface area contributed by atoms with Crippen molar-refractivity contribution in [3.05, 3.63) is 33.8 Å². The van der Waals surface area contributed by atoms with Crippen molar-refractivity contribution in [2.24, 2.45) is 0 Å². The summed E-state index contributed by atoms with van der Waals surface area (Å²) >= 11 is 12.2. The Bertz CT molecular complexity index is 741. The fourth-order valence-corrected chi connectivity index (χ4v) is 3.13. The molecule has 1 aromatic carbocycles. The SMILES string of the molecule is CC(C)(C)OC(=O)N1CCN(C(=O)OC(C)(C)C)C(c2ccc(Cl)c(Cl)c2)C1. The highest BCUT2D eigenvalue weighted by Crippen LogP contribution is 2.32. The molecule has 1 atom stereocenters. The number of carbonyl (C=O) groups excluding carboxylic acids is 2. The lowest BCUT2D eigenvalue weighted by molar-refractivity contribution is -0.0152. The Kier molecular flexibility index (Phi) is 6.77. The van der Waals surface area contributed by atoms with Crippen molar-refractivity contribution in [3.8, 4) is 0 Å². The summed E-state index contributed by atoms with van der Waals surface area (Å²) in [6.07, 6.45) is -0.853. The molecule has 28 heavy (non-hydrogen) atoms. The third kappa shape index (κ3) is 6.17. The Hall–Kier alpha value is -1.66. The first-order valence-corrected chi connectivity index (χ1v) is 9.95. The number of ether oxygens (including phenoxy) is 2. The van der Waals surface area contributed by atoms with E-state index in [0.29, 0.717) is 23.1 Å². The van der Waals surface area contributed by atoms with Crippen molar-refractivity contribution >= 4 is 35.4 Å². The predicted octanol–water partition coefficient (Wildman–Crippen LogP) is 5.52. The molecule has 1 aliphatic heterocycles. The van der Waals surface area contributed by atoms with Crippen molar-refractivity contribution < 1.29 is 19.1 Å². The van der Waals surface area contributed by atoms with E-state index in [1.54, 1.807) is 28.0 Å². The minimum absolute atomic E-state index is 0.270.